The molecular weight excluding hydrogens is 1530 g/mol. The first-order valence-corrected chi connectivity index (χ1v) is 41.6. The Morgan fingerprint density at radius 3 is 1.32 bits per heavy atom. The Labute approximate surface area is 512 Å². The van der Waals surface area contributed by atoms with E-state index in [2.05, 4.69) is 128 Å². The van der Waals surface area contributed by atoms with Crippen molar-refractivity contribution in [3.63, 3.8) is 0 Å². The quantitative estimate of drug-likeness (QED) is 0.0340. The number of halogens is 6. The number of aryl methyl sites for hydroxylation is 3. The van der Waals surface area contributed by atoms with Crippen LogP contribution in [0.15, 0.2) is 110 Å². The van der Waals surface area contributed by atoms with E-state index in [0.29, 0.717) is 52.7 Å². The van der Waals surface area contributed by atoms with Gasteiger partial charge in [0.1, 0.15) is 11.6 Å². The zero-order valence-electron chi connectivity index (χ0n) is 41.3. The number of hydrogen-bond acceptors (Lipinski definition) is 13. The van der Waals surface area contributed by atoms with Crippen LogP contribution in [-0.4, -0.2) is 73.2 Å². The van der Waals surface area contributed by atoms with Crippen molar-refractivity contribution in [2.24, 2.45) is 17.6 Å². The Morgan fingerprint density at radius 2 is 0.973 bits per heavy atom. The van der Waals surface area contributed by atoms with E-state index in [4.69, 9.17) is 27.3 Å². The number of aromatic nitrogens is 6. The summed E-state index contributed by atoms with van der Waals surface area (Å²) in [4.78, 5) is 58.9. The standard InChI is InChI=1S/C17H18N2O2.C16H17N3O2.C12H15NO2.C4H3ClN2.C3H7.CH4.ClH.4HI.2V/c1-21-17(20)14-6-5-13-4-3-12(9-15(13)11-14)10-16-18-7-2-8-19-16;20-16(19-21)13-5-4-12-3-2-11(8-14(12)10-13)9-15-17-6-1-7-18-15;1-15-12(14)9-3-2-8-4-5-11(13)7-10(8)6-9;5-4-6-2-1-3-7-4;1-3-2;;;;;;;;/h2,5-8,11-12H,3-4,9-10H2,1H3;1,4-7,10-11,21H,2-3,8-9H2,(H,19,20);2-3,6,11H,4-5,7,13H2,1H3;1-3H;1,3H2,2H3;1H4;5*1H;;/q;;;;-1;;;;;;;2*+2/p-4. The van der Waals surface area contributed by atoms with Crippen LogP contribution < -0.4 is 11.2 Å². The fourth-order valence-electron chi connectivity index (χ4n) is 8.16. The third kappa shape index (κ3) is 27.1. The van der Waals surface area contributed by atoms with Crippen LogP contribution in [0.25, 0.3) is 0 Å². The van der Waals surface area contributed by atoms with Gasteiger partial charge in [-0.05, 0) is 169 Å². The fraction of sp³-hybridized carbons (Fsp3) is 0.358. The van der Waals surface area contributed by atoms with E-state index in [1.54, 1.807) is 54.8 Å². The minimum absolute atomic E-state index is 0. The van der Waals surface area contributed by atoms with E-state index in [9.17, 15) is 14.4 Å². The average Bonchev–Trinajstić information content (AvgIpc) is 3.41. The van der Waals surface area contributed by atoms with Crippen LogP contribution >= 0.6 is 104 Å². The van der Waals surface area contributed by atoms with Crippen molar-refractivity contribution in [3.8, 4) is 0 Å². The molecule has 6 aromatic rings. The van der Waals surface area contributed by atoms with E-state index >= 15 is 0 Å². The summed E-state index contributed by atoms with van der Waals surface area (Å²) in [7, 11) is 4.07. The number of nitrogens with zero attached hydrogens (tertiary/aromatic N) is 6. The molecule has 3 unspecified atom stereocenters. The number of methoxy groups -OCH3 is 2. The molecule has 0 bridgehead atoms. The van der Waals surface area contributed by atoms with Crippen LogP contribution in [0, 0.1) is 18.8 Å². The van der Waals surface area contributed by atoms with Crippen molar-refractivity contribution in [1.29, 1.82) is 0 Å². The Kier molecular flexibility index (Phi) is 39.6. The van der Waals surface area contributed by atoms with Gasteiger partial charge in [0.25, 0.3) is 5.91 Å². The summed E-state index contributed by atoms with van der Waals surface area (Å²) in [6.07, 6.45) is 22.1. The molecule has 9 rings (SSSR count). The number of hydrogen-bond donors (Lipinski definition) is 3. The molecule has 3 aliphatic carbocycles. The van der Waals surface area contributed by atoms with Crippen molar-refractivity contribution in [2.45, 2.75) is 97.4 Å². The van der Waals surface area contributed by atoms with E-state index in [-0.39, 0.29) is 37.8 Å². The zero-order valence-corrected chi connectivity index (χ0v) is 54.3. The molecule has 22 heteroatoms. The van der Waals surface area contributed by atoms with Gasteiger partial charge in [-0.2, -0.15) is 6.42 Å². The third-order valence-corrected chi connectivity index (χ3v) is 11.7. The molecule has 0 spiro atoms. The van der Waals surface area contributed by atoms with Crippen molar-refractivity contribution in [1.82, 2.24) is 35.4 Å². The minimum atomic E-state index is -0.466. The summed E-state index contributed by atoms with van der Waals surface area (Å²) < 4.78 is 9.47. The Balaban J connectivity index is 0.000000489. The van der Waals surface area contributed by atoms with Crippen LogP contribution in [0.4, 0.5) is 0 Å². The molecule has 0 radical (unpaired) electrons. The summed E-state index contributed by atoms with van der Waals surface area (Å²) in [5, 5.41) is 9.02. The van der Waals surface area contributed by atoms with E-state index in [0.717, 1.165) is 88.7 Å². The first-order chi connectivity index (χ1) is 35.4. The maximum atomic E-state index is 11.6. The topological polar surface area (TPSA) is 205 Å². The predicted molar refractivity (Wildman–Crippen MR) is 327 cm³/mol. The number of amides is 1. The normalized spacial score (nSPS) is 14.9. The number of carbonyl (C=O) groups excluding carboxylic acids is 3. The molecule has 4 N–H and O–H groups in total. The molecule has 3 heterocycles. The monoisotopic (exact) mass is 1590 g/mol. The van der Waals surface area contributed by atoms with Gasteiger partial charge in [-0.15, -0.1) is 12.4 Å². The van der Waals surface area contributed by atoms with E-state index < -0.39 is 5.91 Å². The predicted octanol–water partition coefficient (Wildman–Crippen LogP) is 12.8. The second-order valence-corrected chi connectivity index (χ2v) is 40.4. The van der Waals surface area contributed by atoms with Crippen LogP contribution in [0.1, 0.15) is 116 Å². The molecule has 3 aliphatic rings. The number of carbonyl (C=O) groups is 3. The van der Waals surface area contributed by atoms with Gasteiger partial charge in [-0.3, -0.25) is 10.0 Å². The van der Waals surface area contributed by atoms with Gasteiger partial charge in [0.2, 0.25) is 5.28 Å². The molecule has 3 atom stereocenters. The van der Waals surface area contributed by atoms with Gasteiger partial charge in [-0.25, -0.2) is 45.0 Å². The molecule has 3 aromatic carbocycles. The number of nitrogens with one attached hydrogen (secondary N) is 1. The van der Waals surface area contributed by atoms with Crippen LogP contribution in [0.2, 0.25) is 5.28 Å². The van der Waals surface area contributed by atoms with E-state index in [1.165, 1.54) is 47.6 Å². The first-order valence-electron chi connectivity index (χ1n) is 23.2. The number of benzene rings is 3. The second-order valence-electron chi connectivity index (χ2n) is 16.5. The summed E-state index contributed by atoms with van der Waals surface area (Å²) in [5.74, 6) is 1.78. The maximum absolute atomic E-state index is 11.6. The number of nitrogens with two attached hydrogens (primary N) is 1. The van der Waals surface area contributed by atoms with Gasteiger partial charge >= 0.3 is 111 Å². The van der Waals surface area contributed by atoms with Crippen LogP contribution in [-0.2, 0) is 79.8 Å². The molecule has 0 saturated heterocycles. The number of hydroxylamine groups is 1. The summed E-state index contributed by atoms with van der Waals surface area (Å²) in [6.45, 7) is 5.50. The summed E-state index contributed by atoms with van der Waals surface area (Å²) in [5.41, 5.74) is 16.9. The van der Waals surface area contributed by atoms with Crippen LogP contribution in [0.3, 0.4) is 0 Å². The zero-order chi connectivity index (χ0) is 53.4. The molecule has 0 aliphatic heterocycles. The van der Waals surface area contributed by atoms with E-state index in [1.807, 2.05) is 61.5 Å². The number of fused-ring (bicyclic) bond motifs is 3. The summed E-state index contributed by atoms with van der Waals surface area (Å²) >= 11 is 14.8. The molecule has 0 saturated carbocycles. The molecular formula is C53H65Cl2I4N8O6V2-. The SMILES string of the molecule is C.COC(=O)c1ccc2c(c1)CC(Cc1ncccn1)CC2.COC(=O)c1ccc2c(c1)CC(N)CC2.Cl.Clc1ncccn1.O=C(NO)c1ccc2c(c1)CC(Cc1ncccn1)CC2.[CH2-]CC.[I][V][I].[I][V][I]. The van der Waals surface area contributed by atoms with Gasteiger partial charge < -0.3 is 22.1 Å². The number of ether oxygens (including phenoxy) is 2. The van der Waals surface area contributed by atoms with Crippen molar-refractivity contribution in [3.05, 3.63) is 184 Å². The number of esters is 2. The Morgan fingerprint density at radius 1 is 0.640 bits per heavy atom. The number of rotatable bonds is 7. The molecule has 3 aromatic heterocycles. The van der Waals surface area contributed by atoms with Gasteiger partial charge in [0.15, 0.2) is 0 Å². The first kappa shape index (κ1) is 70.9. The molecule has 14 nitrogen and oxygen atoms in total. The molecule has 1 amide bonds. The van der Waals surface area contributed by atoms with Gasteiger partial charge in [-0.1, -0.05) is 32.5 Å². The average molecular weight is 1590 g/mol. The van der Waals surface area contributed by atoms with Gasteiger partial charge in [0.05, 0.1) is 25.3 Å². The second kappa shape index (κ2) is 41.9. The molecule has 0 fully saturated rings. The van der Waals surface area contributed by atoms with Crippen molar-refractivity contribution >= 4 is 122 Å². The molecule has 75 heavy (non-hydrogen) atoms. The molecule has 406 valence electrons. The summed E-state index contributed by atoms with van der Waals surface area (Å²) in [6, 6.07) is 22.8. The Bertz CT molecular complexity index is 2440. The van der Waals surface area contributed by atoms with Gasteiger partial charge in [0, 0.05) is 61.6 Å². The third-order valence-electron chi connectivity index (χ3n) is 11.5. The Hall–Kier alpha value is -2.10. The van der Waals surface area contributed by atoms with Crippen molar-refractivity contribution < 1.29 is 48.0 Å². The van der Waals surface area contributed by atoms with Crippen molar-refractivity contribution in [2.75, 3.05) is 14.2 Å². The fourth-order valence-corrected chi connectivity index (χ4v) is 8.27. The van der Waals surface area contributed by atoms with Crippen LogP contribution in [0.5, 0.6) is 0 Å².